The summed E-state index contributed by atoms with van der Waals surface area (Å²) < 4.78 is 10.8. The first kappa shape index (κ1) is 14.4. The molecule has 100 valence electrons. The standard InChI is InChI=1S/C11H21NO5/c1-4-16-10-6(2)8(5-13)17-11(15)9(10)12-7(3)14/h6,8-11,13,15H,4-5H2,1-3H3,(H,12,14)/t6-,8?,9?,10-,11+/m1/s1. The van der Waals surface area contributed by atoms with E-state index >= 15 is 0 Å². The molecular formula is C11H21NO5. The van der Waals surface area contributed by atoms with E-state index in [-0.39, 0.29) is 24.5 Å². The van der Waals surface area contributed by atoms with Crippen LogP contribution >= 0.6 is 0 Å². The van der Waals surface area contributed by atoms with Gasteiger partial charge in [-0.25, -0.2) is 0 Å². The van der Waals surface area contributed by atoms with Crippen molar-refractivity contribution < 1.29 is 24.5 Å². The Balaban J connectivity index is 2.81. The molecule has 0 radical (unpaired) electrons. The number of hydrogen-bond donors (Lipinski definition) is 3. The lowest BCUT2D eigenvalue weighted by molar-refractivity contribution is -0.243. The first-order valence-electron chi connectivity index (χ1n) is 5.84. The first-order valence-corrected chi connectivity index (χ1v) is 5.84. The highest BCUT2D eigenvalue weighted by molar-refractivity contribution is 5.73. The van der Waals surface area contributed by atoms with Crippen LogP contribution in [0.4, 0.5) is 0 Å². The minimum absolute atomic E-state index is 0.111. The van der Waals surface area contributed by atoms with Gasteiger partial charge >= 0.3 is 0 Å². The summed E-state index contributed by atoms with van der Waals surface area (Å²) in [6, 6.07) is -0.606. The topological polar surface area (TPSA) is 88.0 Å². The van der Waals surface area contributed by atoms with Gasteiger partial charge in [-0.1, -0.05) is 6.92 Å². The average Bonchev–Trinajstić information content (AvgIpc) is 2.27. The molecule has 0 aromatic rings. The molecule has 17 heavy (non-hydrogen) atoms. The Kier molecular flexibility index (Phi) is 5.32. The SMILES string of the molecule is CCO[C@H]1C(NC(C)=O)[C@@H](O)OC(CO)[C@H]1C. The van der Waals surface area contributed by atoms with E-state index in [1.807, 2.05) is 13.8 Å². The smallest absolute Gasteiger partial charge is 0.217 e. The van der Waals surface area contributed by atoms with E-state index in [1.165, 1.54) is 6.92 Å². The van der Waals surface area contributed by atoms with Crippen molar-refractivity contribution >= 4 is 5.91 Å². The summed E-state index contributed by atoms with van der Waals surface area (Å²) in [6.07, 6.45) is -2.01. The summed E-state index contributed by atoms with van der Waals surface area (Å²) >= 11 is 0. The molecule has 5 atom stereocenters. The second kappa shape index (κ2) is 6.30. The fourth-order valence-electron chi connectivity index (χ4n) is 2.13. The van der Waals surface area contributed by atoms with Gasteiger partial charge in [0.1, 0.15) is 6.04 Å². The van der Waals surface area contributed by atoms with E-state index in [0.717, 1.165) is 0 Å². The molecule has 0 aliphatic carbocycles. The van der Waals surface area contributed by atoms with Crippen molar-refractivity contribution in [3.63, 3.8) is 0 Å². The Labute approximate surface area is 101 Å². The van der Waals surface area contributed by atoms with Crippen LogP contribution in [0.2, 0.25) is 0 Å². The Bertz CT molecular complexity index is 260. The summed E-state index contributed by atoms with van der Waals surface area (Å²) in [5.74, 6) is -0.364. The van der Waals surface area contributed by atoms with E-state index in [9.17, 15) is 9.90 Å². The van der Waals surface area contributed by atoms with Gasteiger partial charge in [0.25, 0.3) is 0 Å². The van der Waals surface area contributed by atoms with Crippen LogP contribution in [0.5, 0.6) is 0 Å². The fraction of sp³-hybridized carbons (Fsp3) is 0.909. The largest absolute Gasteiger partial charge is 0.394 e. The van der Waals surface area contributed by atoms with Crippen LogP contribution in [0.3, 0.4) is 0 Å². The number of rotatable bonds is 4. The van der Waals surface area contributed by atoms with Crippen LogP contribution in [0, 0.1) is 5.92 Å². The molecule has 2 unspecified atom stereocenters. The molecule has 1 aliphatic rings. The van der Waals surface area contributed by atoms with Crippen molar-refractivity contribution in [2.24, 2.45) is 5.92 Å². The molecule has 0 aromatic carbocycles. The molecule has 6 nitrogen and oxygen atoms in total. The van der Waals surface area contributed by atoms with Gasteiger partial charge < -0.3 is 25.0 Å². The lowest BCUT2D eigenvalue weighted by Crippen LogP contribution is -2.61. The molecule has 0 spiro atoms. The molecular weight excluding hydrogens is 226 g/mol. The van der Waals surface area contributed by atoms with Crippen LogP contribution in [-0.2, 0) is 14.3 Å². The third kappa shape index (κ3) is 3.38. The first-order chi connectivity index (χ1) is 8.01. The fourth-order valence-corrected chi connectivity index (χ4v) is 2.13. The normalized spacial score (nSPS) is 37.8. The van der Waals surface area contributed by atoms with Crippen molar-refractivity contribution in [2.45, 2.75) is 45.3 Å². The van der Waals surface area contributed by atoms with Gasteiger partial charge in [-0.2, -0.15) is 0 Å². The number of aliphatic hydroxyl groups is 2. The predicted molar refractivity (Wildman–Crippen MR) is 60.1 cm³/mol. The third-order valence-electron chi connectivity index (χ3n) is 2.99. The van der Waals surface area contributed by atoms with Gasteiger partial charge in [-0.15, -0.1) is 0 Å². The number of carbonyl (C=O) groups is 1. The van der Waals surface area contributed by atoms with Crippen LogP contribution in [0.25, 0.3) is 0 Å². The molecule has 6 heteroatoms. The number of amides is 1. The van der Waals surface area contributed by atoms with E-state index in [1.54, 1.807) is 0 Å². The summed E-state index contributed by atoms with van der Waals surface area (Å²) in [5.41, 5.74) is 0. The minimum atomic E-state index is -1.16. The van der Waals surface area contributed by atoms with Gasteiger partial charge in [-0.3, -0.25) is 4.79 Å². The van der Waals surface area contributed by atoms with Crippen molar-refractivity contribution in [2.75, 3.05) is 13.2 Å². The third-order valence-corrected chi connectivity index (χ3v) is 2.99. The lowest BCUT2D eigenvalue weighted by Gasteiger charge is -2.43. The van der Waals surface area contributed by atoms with Crippen molar-refractivity contribution in [3.05, 3.63) is 0 Å². The molecule has 1 saturated heterocycles. The van der Waals surface area contributed by atoms with Gasteiger partial charge in [0.05, 0.1) is 18.8 Å². The molecule has 3 N–H and O–H groups in total. The zero-order valence-corrected chi connectivity index (χ0v) is 10.4. The number of hydrogen-bond acceptors (Lipinski definition) is 5. The van der Waals surface area contributed by atoms with Gasteiger partial charge in [0, 0.05) is 19.4 Å². The molecule has 1 fully saturated rings. The molecule has 0 bridgehead atoms. The molecule has 1 rings (SSSR count). The second-order valence-electron chi connectivity index (χ2n) is 4.25. The van der Waals surface area contributed by atoms with Crippen LogP contribution < -0.4 is 5.32 Å². The van der Waals surface area contributed by atoms with E-state index < -0.39 is 18.4 Å². The molecule has 1 heterocycles. The average molecular weight is 247 g/mol. The summed E-state index contributed by atoms with van der Waals surface area (Å²) in [7, 11) is 0. The summed E-state index contributed by atoms with van der Waals surface area (Å²) in [4.78, 5) is 11.1. The molecule has 0 aromatic heterocycles. The predicted octanol–water partition coefficient (Wildman–Crippen LogP) is -0.758. The lowest BCUT2D eigenvalue weighted by atomic mass is 9.89. The van der Waals surface area contributed by atoms with Gasteiger partial charge in [-0.05, 0) is 6.92 Å². The van der Waals surface area contributed by atoms with E-state index in [4.69, 9.17) is 14.6 Å². The minimum Gasteiger partial charge on any atom is -0.394 e. The zero-order chi connectivity index (χ0) is 13.0. The van der Waals surface area contributed by atoms with Gasteiger partial charge in [0.15, 0.2) is 6.29 Å². The van der Waals surface area contributed by atoms with Crippen molar-refractivity contribution in [1.82, 2.24) is 5.32 Å². The number of ether oxygens (including phenoxy) is 2. The summed E-state index contributed by atoms with van der Waals surface area (Å²) in [6.45, 7) is 5.36. The molecule has 1 aliphatic heterocycles. The Hall–Kier alpha value is -0.690. The summed E-state index contributed by atoms with van der Waals surface area (Å²) in [5, 5.41) is 21.6. The molecule has 1 amide bonds. The zero-order valence-electron chi connectivity index (χ0n) is 10.4. The Morgan fingerprint density at radius 1 is 1.53 bits per heavy atom. The van der Waals surface area contributed by atoms with Crippen molar-refractivity contribution in [1.29, 1.82) is 0 Å². The van der Waals surface area contributed by atoms with Gasteiger partial charge in [0.2, 0.25) is 5.91 Å². The number of aliphatic hydroxyl groups excluding tert-OH is 2. The maximum absolute atomic E-state index is 11.1. The Morgan fingerprint density at radius 2 is 2.18 bits per heavy atom. The second-order valence-corrected chi connectivity index (χ2v) is 4.25. The highest BCUT2D eigenvalue weighted by atomic mass is 16.6. The monoisotopic (exact) mass is 247 g/mol. The van der Waals surface area contributed by atoms with Crippen molar-refractivity contribution in [3.8, 4) is 0 Å². The Morgan fingerprint density at radius 3 is 2.65 bits per heavy atom. The maximum Gasteiger partial charge on any atom is 0.217 e. The maximum atomic E-state index is 11.1. The highest BCUT2D eigenvalue weighted by Gasteiger charge is 2.43. The quantitative estimate of drug-likeness (QED) is 0.608. The van der Waals surface area contributed by atoms with E-state index in [0.29, 0.717) is 6.61 Å². The highest BCUT2D eigenvalue weighted by Crippen LogP contribution is 2.27. The van der Waals surface area contributed by atoms with Crippen LogP contribution in [-0.4, -0.2) is 53.9 Å². The number of nitrogens with one attached hydrogen (secondary N) is 1. The number of carbonyl (C=O) groups excluding carboxylic acids is 1. The van der Waals surface area contributed by atoms with Crippen LogP contribution in [0.1, 0.15) is 20.8 Å². The molecule has 0 saturated carbocycles. The van der Waals surface area contributed by atoms with E-state index in [2.05, 4.69) is 5.32 Å². The van der Waals surface area contributed by atoms with Crippen LogP contribution in [0.15, 0.2) is 0 Å².